The van der Waals surface area contributed by atoms with Crippen molar-refractivity contribution in [1.29, 1.82) is 0 Å². The summed E-state index contributed by atoms with van der Waals surface area (Å²) in [4.78, 5) is 0. The maximum Gasteiger partial charge on any atom is 0.0686 e. The van der Waals surface area contributed by atoms with E-state index in [0.29, 0.717) is 5.92 Å². The summed E-state index contributed by atoms with van der Waals surface area (Å²) in [5, 5.41) is 8.42. The lowest BCUT2D eigenvalue weighted by molar-refractivity contribution is 0.343. The number of unbranched alkanes of at least 4 members (excludes halogenated alkanes) is 1. The van der Waals surface area contributed by atoms with E-state index in [4.69, 9.17) is 5.11 Å². The topological polar surface area (TPSA) is 20.2 Å². The second-order valence-corrected chi connectivity index (χ2v) is 2.84. The highest BCUT2D eigenvalue weighted by Crippen LogP contribution is 2.07. The number of aliphatic hydroxyl groups excluding tert-OH is 1. The highest BCUT2D eigenvalue weighted by atomic mass is 16.2. The van der Waals surface area contributed by atoms with Gasteiger partial charge in [-0.25, -0.2) is 0 Å². The number of rotatable bonds is 5. The molecular weight excluding hydrogens is 136 g/mol. The summed E-state index contributed by atoms with van der Waals surface area (Å²) in [5.74, 6) is 0.595. The summed E-state index contributed by atoms with van der Waals surface area (Å²) in [5.41, 5.74) is 2.94. The largest absolute Gasteiger partial charge is 0.392 e. The van der Waals surface area contributed by atoms with Crippen molar-refractivity contribution in [2.75, 3.05) is 6.61 Å². The Balaban J connectivity index is 3.50. The first-order valence-electron chi connectivity index (χ1n) is 4.33. The summed E-state index contributed by atoms with van der Waals surface area (Å²) < 4.78 is 0. The van der Waals surface area contributed by atoms with Crippen molar-refractivity contribution in [2.24, 2.45) is 5.92 Å². The van der Waals surface area contributed by atoms with Crippen LogP contribution in [0, 0.1) is 5.92 Å². The standard InChI is InChI=1S/C10H18O/c1-3-4-7-10(2)8-5-6-9-11/h6,8,10-11H,3-4,7,9H2,1-2H3. The van der Waals surface area contributed by atoms with E-state index in [-0.39, 0.29) is 6.61 Å². The minimum atomic E-state index is 0.0942. The van der Waals surface area contributed by atoms with Gasteiger partial charge in [0.05, 0.1) is 6.61 Å². The van der Waals surface area contributed by atoms with Gasteiger partial charge >= 0.3 is 0 Å². The van der Waals surface area contributed by atoms with Crippen molar-refractivity contribution in [1.82, 2.24) is 0 Å². The highest BCUT2D eigenvalue weighted by Gasteiger charge is 1.93. The maximum absolute atomic E-state index is 8.42. The molecule has 1 atom stereocenters. The molecule has 0 fully saturated rings. The monoisotopic (exact) mass is 154 g/mol. The van der Waals surface area contributed by atoms with Crippen molar-refractivity contribution in [3.63, 3.8) is 0 Å². The van der Waals surface area contributed by atoms with Crippen LogP contribution in [0.2, 0.25) is 0 Å². The molecule has 0 aromatic carbocycles. The third-order valence-electron chi connectivity index (χ3n) is 1.60. The van der Waals surface area contributed by atoms with E-state index in [0.717, 1.165) is 0 Å². The quantitative estimate of drug-likeness (QED) is 0.603. The molecular formula is C10H18O. The molecule has 64 valence electrons. The fraction of sp³-hybridized carbons (Fsp3) is 0.700. The van der Waals surface area contributed by atoms with Crippen LogP contribution in [0.4, 0.5) is 0 Å². The predicted molar refractivity (Wildman–Crippen MR) is 48.4 cm³/mol. The smallest absolute Gasteiger partial charge is 0.0686 e. The zero-order chi connectivity index (χ0) is 8.53. The highest BCUT2D eigenvalue weighted by molar-refractivity contribution is 4.87. The second-order valence-electron chi connectivity index (χ2n) is 2.84. The van der Waals surface area contributed by atoms with E-state index in [1.54, 1.807) is 6.08 Å². The second kappa shape index (κ2) is 7.59. The van der Waals surface area contributed by atoms with Crippen molar-refractivity contribution in [2.45, 2.75) is 33.1 Å². The van der Waals surface area contributed by atoms with Gasteiger partial charge in [-0.1, -0.05) is 26.7 Å². The number of aliphatic hydroxyl groups is 1. The first-order chi connectivity index (χ1) is 5.31. The SMILES string of the molecule is CCCCC(C)C=C=CCO. The average molecular weight is 154 g/mol. The fourth-order valence-electron chi connectivity index (χ4n) is 0.894. The molecule has 11 heavy (non-hydrogen) atoms. The molecule has 0 radical (unpaired) electrons. The van der Waals surface area contributed by atoms with Crippen LogP contribution in [0.1, 0.15) is 33.1 Å². The zero-order valence-corrected chi connectivity index (χ0v) is 7.51. The lowest BCUT2D eigenvalue weighted by atomic mass is 10.0. The fourth-order valence-corrected chi connectivity index (χ4v) is 0.894. The van der Waals surface area contributed by atoms with Crippen LogP contribution in [0.5, 0.6) is 0 Å². The van der Waals surface area contributed by atoms with Gasteiger partial charge in [0.25, 0.3) is 0 Å². The van der Waals surface area contributed by atoms with Crippen LogP contribution < -0.4 is 0 Å². The van der Waals surface area contributed by atoms with Crippen LogP contribution >= 0.6 is 0 Å². The Morgan fingerprint density at radius 2 is 2.27 bits per heavy atom. The van der Waals surface area contributed by atoms with E-state index >= 15 is 0 Å². The van der Waals surface area contributed by atoms with Gasteiger partial charge in [0, 0.05) is 0 Å². The Bertz CT molecular complexity index is 132. The van der Waals surface area contributed by atoms with Gasteiger partial charge in [0.2, 0.25) is 0 Å². The Kier molecular flexibility index (Phi) is 7.23. The van der Waals surface area contributed by atoms with Gasteiger partial charge in [0.1, 0.15) is 0 Å². The van der Waals surface area contributed by atoms with E-state index in [1.165, 1.54) is 19.3 Å². The molecule has 0 aliphatic carbocycles. The minimum absolute atomic E-state index is 0.0942. The normalized spacial score (nSPS) is 11.9. The van der Waals surface area contributed by atoms with Crippen molar-refractivity contribution in [3.05, 3.63) is 17.9 Å². The van der Waals surface area contributed by atoms with Crippen molar-refractivity contribution >= 4 is 0 Å². The summed E-state index contributed by atoms with van der Waals surface area (Å²) >= 11 is 0. The molecule has 0 saturated carbocycles. The third-order valence-corrected chi connectivity index (χ3v) is 1.60. The van der Waals surface area contributed by atoms with Crippen molar-refractivity contribution in [3.8, 4) is 0 Å². The number of hydrogen-bond donors (Lipinski definition) is 1. The molecule has 0 aromatic rings. The lowest BCUT2D eigenvalue weighted by Crippen LogP contribution is -1.87. The summed E-state index contributed by atoms with van der Waals surface area (Å²) in [7, 11) is 0. The number of hydrogen-bond acceptors (Lipinski definition) is 1. The first-order valence-corrected chi connectivity index (χ1v) is 4.33. The van der Waals surface area contributed by atoms with Gasteiger partial charge in [0.15, 0.2) is 0 Å². The molecule has 1 nitrogen and oxygen atoms in total. The Labute approximate surface area is 69.4 Å². The van der Waals surface area contributed by atoms with E-state index < -0.39 is 0 Å². The van der Waals surface area contributed by atoms with Gasteiger partial charge in [-0.2, -0.15) is 0 Å². The molecule has 1 heteroatoms. The van der Waals surface area contributed by atoms with E-state index in [2.05, 4.69) is 19.6 Å². The Morgan fingerprint density at radius 3 is 2.82 bits per heavy atom. The third kappa shape index (κ3) is 7.38. The summed E-state index contributed by atoms with van der Waals surface area (Å²) in [6.45, 7) is 4.46. The molecule has 0 aliphatic rings. The van der Waals surface area contributed by atoms with Gasteiger partial charge in [-0.15, -0.1) is 5.73 Å². The summed E-state index contributed by atoms with van der Waals surface area (Å²) in [6, 6.07) is 0. The molecule has 0 aromatic heterocycles. The lowest BCUT2D eigenvalue weighted by Gasteiger charge is -2.00. The molecule has 0 bridgehead atoms. The maximum atomic E-state index is 8.42. The predicted octanol–water partition coefficient (Wildman–Crippen LogP) is 2.52. The van der Waals surface area contributed by atoms with Gasteiger partial charge < -0.3 is 5.11 Å². The summed E-state index contributed by atoms with van der Waals surface area (Å²) in [6.07, 6.45) is 7.41. The van der Waals surface area contributed by atoms with Crippen molar-refractivity contribution < 1.29 is 5.11 Å². The van der Waals surface area contributed by atoms with Gasteiger partial charge in [-0.05, 0) is 24.5 Å². The van der Waals surface area contributed by atoms with Crippen LogP contribution in [0.25, 0.3) is 0 Å². The van der Waals surface area contributed by atoms with E-state index in [9.17, 15) is 0 Å². The van der Waals surface area contributed by atoms with Crippen LogP contribution in [-0.4, -0.2) is 11.7 Å². The average Bonchev–Trinajstić information content (AvgIpc) is 2.01. The Hall–Kier alpha value is -0.520. The van der Waals surface area contributed by atoms with Gasteiger partial charge in [-0.3, -0.25) is 0 Å². The first kappa shape index (κ1) is 10.5. The van der Waals surface area contributed by atoms with Crippen LogP contribution in [-0.2, 0) is 0 Å². The molecule has 0 spiro atoms. The molecule has 0 amide bonds. The van der Waals surface area contributed by atoms with E-state index in [1.807, 2.05) is 6.08 Å². The van der Waals surface area contributed by atoms with Crippen LogP contribution in [0.15, 0.2) is 17.9 Å². The minimum Gasteiger partial charge on any atom is -0.392 e. The molecule has 0 aliphatic heterocycles. The molecule has 1 N–H and O–H groups in total. The zero-order valence-electron chi connectivity index (χ0n) is 7.51. The molecule has 0 saturated heterocycles. The molecule has 0 heterocycles. The Morgan fingerprint density at radius 1 is 1.55 bits per heavy atom. The van der Waals surface area contributed by atoms with Crippen LogP contribution in [0.3, 0.4) is 0 Å². The molecule has 0 rings (SSSR count). The molecule has 1 unspecified atom stereocenters.